The maximum atomic E-state index is 11.3. The number of carboxylic acids is 1. The summed E-state index contributed by atoms with van der Waals surface area (Å²) in [7, 11) is 4.08. The number of nitrogens with one attached hydrogen (secondary N) is 1. The van der Waals surface area contributed by atoms with E-state index in [0.717, 1.165) is 38.8 Å². The van der Waals surface area contributed by atoms with Crippen molar-refractivity contribution in [1.29, 1.82) is 0 Å². The summed E-state index contributed by atoms with van der Waals surface area (Å²) < 4.78 is 4.65. The predicted octanol–water partition coefficient (Wildman–Crippen LogP) is 2.79. The monoisotopic (exact) mass is 434 g/mol. The fraction of sp³-hybridized carbons (Fsp3) is 0.864. The number of hydrogen-bond donors (Lipinski definition) is 3. The van der Waals surface area contributed by atoms with Gasteiger partial charge in [-0.1, -0.05) is 41.5 Å². The number of aliphatic hydroxyl groups is 1. The minimum absolute atomic E-state index is 0.0495. The second kappa shape index (κ2) is 22.0. The molecule has 180 valence electrons. The summed E-state index contributed by atoms with van der Waals surface area (Å²) in [5, 5.41) is 19.4. The smallest absolute Gasteiger partial charge is 0.308 e. The summed E-state index contributed by atoms with van der Waals surface area (Å²) in [6, 6.07) is 0. The molecule has 3 unspecified atom stereocenters. The van der Waals surface area contributed by atoms with Crippen molar-refractivity contribution < 1.29 is 29.3 Å². The Hall–Kier alpha value is -1.67. The van der Waals surface area contributed by atoms with Crippen molar-refractivity contribution >= 4 is 17.8 Å². The van der Waals surface area contributed by atoms with Crippen LogP contribution in [0.3, 0.4) is 0 Å². The number of carboxylic acid groups (broad SMARTS) is 1. The van der Waals surface area contributed by atoms with E-state index in [-0.39, 0.29) is 42.8 Å². The van der Waals surface area contributed by atoms with Crippen molar-refractivity contribution in [1.82, 2.24) is 10.2 Å². The van der Waals surface area contributed by atoms with Crippen LogP contribution in [0.2, 0.25) is 0 Å². The molecule has 0 rings (SSSR count). The lowest BCUT2D eigenvalue weighted by atomic mass is 10.1. The second-order valence-corrected chi connectivity index (χ2v) is 7.61. The van der Waals surface area contributed by atoms with E-state index in [2.05, 4.69) is 15.0 Å². The third kappa shape index (κ3) is 22.6. The summed E-state index contributed by atoms with van der Waals surface area (Å²) in [6.45, 7) is 13.1. The minimum atomic E-state index is -0.706. The average molecular weight is 435 g/mol. The third-order valence-corrected chi connectivity index (χ3v) is 4.53. The zero-order valence-corrected chi connectivity index (χ0v) is 20.4. The van der Waals surface area contributed by atoms with Crippen molar-refractivity contribution in [3.8, 4) is 0 Å². The highest BCUT2D eigenvalue weighted by Gasteiger charge is 2.10. The van der Waals surface area contributed by atoms with E-state index in [0.29, 0.717) is 0 Å². The summed E-state index contributed by atoms with van der Waals surface area (Å²) >= 11 is 0. The molecule has 3 atom stereocenters. The van der Waals surface area contributed by atoms with E-state index in [1.54, 1.807) is 13.8 Å². The SMILES string of the molecule is CCC(C)C(=O)NCCCN(C)C.CCC(C)C(=O)O.CCC(C)C(=O)OCCO. The van der Waals surface area contributed by atoms with Gasteiger partial charge < -0.3 is 25.2 Å². The molecule has 0 heterocycles. The molecule has 8 heteroatoms. The van der Waals surface area contributed by atoms with Gasteiger partial charge in [0.1, 0.15) is 6.61 Å². The molecule has 1 amide bonds. The van der Waals surface area contributed by atoms with Crippen LogP contribution >= 0.6 is 0 Å². The Morgan fingerprint density at radius 3 is 1.77 bits per heavy atom. The van der Waals surface area contributed by atoms with E-state index in [1.807, 2.05) is 41.8 Å². The van der Waals surface area contributed by atoms with E-state index >= 15 is 0 Å². The Morgan fingerprint density at radius 2 is 1.43 bits per heavy atom. The van der Waals surface area contributed by atoms with Gasteiger partial charge in [-0.2, -0.15) is 0 Å². The van der Waals surface area contributed by atoms with Gasteiger partial charge in [0.25, 0.3) is 0 Å². The van der Waals surface area contributed by atoms with Gasteiger partial charge in [-0.3, -0.25) is 14.4 Å². The Balaban J connectivity index is -0.000000383. The molecule has 0 bridgehead atoms. The standard InChI is InChI=1S/C10H22N2O.C7H14O3.C5H10O2/c1-5-9(2)10(13)11-7-6-8-12(3)4;1-3-6(2)7(9)10-5-4-8;1-3-4(2)5(6)7/h9H,5-8H2,1-4H3,(H,11,13);6,8H,3-5H2,1-2H3;4H,3H2,1-2H3,(H,6,7). The molecule has 30 heavy (non-hydrogen) atoms. The van der Waals surface area contributed by atoms with Crippen molar-refractivity contribution in [3.63, 3.8) is 0 Å². The van der Waals surface area contributed by atoms with Gasteiger partial charge in [0.05, 0.1) is 18.4 Å². The molecule has 0 saturated heterocycles. The lowest BCUT2D eigenvalue weighted by molar-refractivity contribution is -0.149. The first-order valence-corrected chi connectivity index (χ1v) is 10.9. The van der Waals surface area contributed by atoms with E-state index < -0.39 is 5.97 Å². The number of esters is 1. The minimum Gasteiger partial charge on any atom is -0.481 e. The number of ether oxygens (including phenoxy) is 1. The molecular weight excluding hydrogens is 388 g/mol. The Kier molecular flexibility index (Phi) is 24.2. The normalized spacial score (nSPS) is 13.0. The van der Waals surface area contributed by atoms with Crippen LogP contribution < -0.4 is 5.32 Å². The summed E-state index contributed by atoms with van der Waals surface area (Å²) in [5.74, 6) is -0.828. The summed E-state index contributed by atoms with van der Waals surface area (Å²) in [4.78, 5) is 34.1. The summed E-state index contributed by atoms with van der Waals surface area (Å²) in [6.07, 6.45) is 3.44. The molecule has 0 fully saturated rings. The number of aliphatic hydroxyl groups excluding tert-OH is 1. The highest BCUT2D eigenvalue weighted by Crippen LogP contribution is 2.02. The van der Waals surface area contributed by atoms with Gasteiger partial charge in [0.15, 0.2) is 0 Å². The molecular formula is C22H46N2O6. The topological polar surface area (TPSA) is 116 Å². The lowest BCUT2D eigenvalue weighted by Crippen LogP contribution is -2.31. The third-order valence-electron chi connectivity index (χ3n) is 4.53. The second-order valence-electron chi connectivity index (χ2n) is 7.61. The highest BCUT2D eigenvalue weighted by molar-refractivity contribution is 5.78. The first-order valence-electron chi connectivity index (χ1n) is 10.9. The number of rotatable bonds is 12. The molecule has 0 radical (unpaired) electrons. The van der Waals surface area contributed by atoms with Gasteiger partial charge in [-0.15, -0.1) is 0 Å². The van der Waals surface area contributed by atoms with E-state index in [9.17, 15) is 14.4 Å². The molecule has 0 aliphatic rings. The molecule has 0 spiro atoms. The molecule has 0 aromatic carbocycles. The van der Waals surface area contributed by atoms with Crippen LogP contribution in [-0.2, 0) is 19.1 Å². The number of hydrogen-bond acceptors (Lipinski definition) is 6. The number of carbonyl (C=O) groups excluding carboxylic acids is 2. The van der Waals surface area contributed by atoms with E-state index in [1.165, 1.54) is 0 Å². The van der Waals surface area contributed by atoms with Crippen LogP contribution in [0.25, 0.3) is 0 Å². The van der Waals surface area contributed by atoms with Crippen LogP contribution in [0.1, 0.15) is 67.2 Å². The number of aliphatic carboxylic acids is 1. The highest BCUT2D eigenvalue weighted by atomic mass is 16.5. The zero-order chi connectivity index (χ0) is 24.1. The Morgan fingerprint density at radius 1 is 0.933 bits per heavy atom. The van der Waals surface area contributed by atoms with Crippen molar-refractivity contribution in [2.45, 2.75) is 67.2 Å². The molecule has 0 aliphatic heterocycles. The van der Waals surface area contributed by atoms with Gasteiger partial charge >= 0.3 is 11.9 Å². The van der Waals surface area contributed by atoms with Crippen molar-refractivity contribution in [2.24, 2.45) is 17.8 Å². The van der Waals surface area contributed by atoms with Crippen LogP contribution in [-0.4, -0.2) is 73.4 Å². The molecule has 8 nitrogen and oxygen atoms in total. The molecule has 0 aliphatic carbocycles. The maximum absolute atomic E-state index is 11.3. The summed E-state index contributed by atoms with van der Waals surface area (Å²) in [5.41, 5.74) is 0. The number of amides is 1. The van der Waals surface area contributed by atoms with Crippen molar-refractivity contribution in [2.75, 3.05) is 40.4 Å². The number of nitrogens with zero attached hydrogens (tertiary/aromatic N) is 1. The molecule has 0 aromatic rings. The van der Waals surface area contributed by atoms with Crippen LogP contribution in [0.4, 0.5) is 0 Å². The molecule has 0 saturated carbocycles. The van der Waals surface area contributed by atoms with Gasteiger partial charge in [-0.05, 0) is 46.3 Å². The Bertz CT molecular complexity index is 443. The number of carbonyl (C=O) groups is 3. The molecule has 3 N–H and O–H groups in total. The fourth-order valence-corrected chi connectivity index (χ4v) is 1.60. The maximum Gasteiger partial charge on any atom is 0.308 e. The van der Waals surface area contributed by atoms with Crippen molar-refractivity contribution in [3.05, 3.63) is 0 Å². The first-order chi connectivity index (χ1) is 14.0. The first kappa shape index (κ1) is 33.0. The van der Waals surface area contributed by atoms with Crippen LogP contribution in [0, 0.1) is 17.8 Å². The fourth-order valence-electron chi connectivity index (χ4n) is 1.60. The van der Waals surface area contributed by atoms with Crippen LogP contribution in [0.5, 0.6) is 0 Å². The van der Waals surface area contributed by atoms with Gasteiger partial charge in [0.2, 0.25) is 5.91 Å². The van der Waals surface area contributed by atoms with Crippen LogP contribution in [0.15, 0.2) is 0 Å². The largest absolute Gasteiger partial charge is 0.481 e. The van der Waals surface area contributed by atoms with Gasteiger partial charge in [-0.25, -0.2) is 0 Å². The Labute approximate surface area is 183 Å². The van der Waals surface area contributed by atoms with E-state index in [4.69, 9.17) is 10.2 Å². The molecule has 0 aromatic heterocycles. The quantitative estimate of drug-likeness (QED) is 0.319. The predicted molar refractivity (Wildman–Crippen MR) is 120 cm³/mol. The zero-order valence-electron chi connectivity index (χ0n) is 20.4. The average Bonchev–Trinajstić information content (AvgIpc) is 2.73. The van der Waals surface area contributed by atoms with Gasteiger partial charge in [0, 0.05) is 12.5 Å². The lowest BCUT2D eigenvalue weighted by Gasteiger charge is -2.12.